The molecule has 178 valence electrons. The zero-order chi connectivity index (χ0) is 23.5. The standard InChI is InChI=1S/C26H35FN4O2/c1-19-7-8-22(16-24(19)27)31-20(2)15-23(21(31)3)25(32)17-28-11-13-29(14-12-28)18-26(33)30-9-5-4-6-10-30/h7-8,15-16H,4-6,9-14,17-18H2,1-3H3. The lowest BCUT2D eigenvalue weighted by molar-refractivity contribution is -0.133. The number of piperazine rings is 1. The predicted octanol–water partition coefficient (Wildman–Crippen LogP) is 3.35. The van der Waals surface area contributed by atoms with Crippen molar-refractivity contribution in [2.24, 2.45) is 0 Å². The molecule has 1 amide bonds. The van der Waals surface area contributed by atoms with E-state index in [1.807, 2.05) is 35.4 Å². The quantitative estimate of drug-likeness (QED) is 0.628. The highest BCUT2D eigenvalue weighted by Crippen LogP contribution is 2.23. The smallest absolute Gasteiger partial charge is 0.236 e. The number of amides is 1. The van der Waals surface area contributed by atoms with Gasteiger partial charge in [-0.05, 0) is 63.8 Å². The summed E-state index contributed by atoms with van der Waals surface area (Å²) in [6, 6.07) is 7.08. The lowest BCUT2D eigenvalue weighted by atomic mass is 10.1. The number of nitrogens with zero attached hydrogens (tertiary/aromatic N) is 4. The summed E-state index contributed by atoms with van der Waals surface area (Å²) in [7, 11) is 0. The zero-order valence-electron chi connectivity index (χ0n) is 20.1. The van der Waals surface area contributed by atoms with Crippen molar-refractivity contribution in [3.63, 3.8) is 0 Å². The highest BCUT2D eigenvalue weighted by atomic mass is 19.1. The highest BCUT2D eigenvalue weighted by molar-refractivity contribution is 5.99. The topological polar surface area (TPSA) is 48.8 Å². The molecule has 2 aliphatic heterocycles. The van der Waals surface area contributed by atoms with Crippen molar-refractivity contribution in [3.05, 3.63) is 52.6 Å². The fraction of sp³-hybridized carbons (Fsp3) is 0.538. The van der Waals surface area contributed by atoms with Crippen molar-refractivity contribution < 1.29 is 14.0 Å². The van der Waals surface area contributed by atoms with Crippen LogP contribution in [0.1, 0.15) is 46.6 Å². The van der Waals surface area contributed by atoms with Gasteiger partial charge in [0, 0.05) is 61.9 Å². The second kappa shape index (κ2) is 10.2. The number of hydrogen-bond donors (Lipinski definition) is 0. The Morgan fingerprint density at radius 3 is 2.12 bits per heavy atom. The molecule has 33 heavy (non-hydrogen) atoms. The van der Waals surface area contributed by atoms with E-state index in [1.54, 1.807) is 13.0 Å². The molecule has 0 spiro atoms. The van der Waals surface area contributed by atoms with Crippen molar-refractivity contribution in [1.82, 2.24) is 19.3 Å². The Morgan fingerprint density at radius 2 is 1.48 bits per heavy atom. The van der Waals surface area contributed by atoms with Crippen LogP contribution in [-0.4, -0.2) is 83.3 Å². The molecule has 0 atom stereocenters. The van der Waals surface area contributed by atoms with Gasteiger partial charge in [0.05, 0.1) is 13.1 Å². The van der Waals surface area contributed by atoms with Gasteiger partial charge in [-0.25, -0.2) is 4.39 Å². The lowest BCUT2D eigenvalue weighted by Crippen LogP contribution is -2.51. The van der Waals surface area contributed by atoms with Crippen molar-refractivity contribution in [1.29, 1.82) is 0 Å². The molecule has 3 heterocycles. The van der Waals surface area contributed by atoms with Crippen LogP contribution in [0.5, 0.6) is 0 Å². The van der Waals surface area contributed by atoms with Crippen molar-refractivity contribution in [2.45, 2.75) is 40.0 Å². The number of benzene rings is 1. The van der Waals surface area contributed by atoms with E-state index in [2.05, 4.69) is 9.80 Å². The summed E-state index contributed by atoms with van der Waals surface area (Å²) in [5.41, 5.74) is 3.79. The first-order valence-electron chi connectivity index (χ1n) is 12.0. The first-order valence-corrected chi connectivity index (χ1v) is 12.0. The number of Topliss-reactive ketones (excluding diaryl/α,β-unsaturated/α-hetero) is 1. The van der Waals surface area contributed by atoms with E-state index in [1.165, 1.54) is 12.5 Å². The summed E-state index contributed by atoms with van der Waals surface area (Å²) in [6.45, 7) is 11.4. The van der Waals surface area contributed by atoms with Crippen LogP contribution < -0.4 is 0 Å². The molecule has 0 N–H and O–H groups in total. The Labute approximate surface area is 196 Å². The maximum Gasteiger partial charge on any atom is 0.236 e. The first-order chi connectivity index (χ1) is 15.8. The van der Waals surface area contributed by atoms with E-state index in [0.29, 0.717) is 24.2 Å². The number of halogens is 1. The summed E-state index contributed by atoms with van der Waals surface area (Å²) in [5, 5.41) is 0. The van der Waals surface area contributed by atoms with E-state index in [0.717, 1.165) is 69.2 Å². The molecule has 0 radical (unpaired) electrons. The van der Waals surface area contributed by atoms with Crippen LogP contribution >= 0.6 is 0 Å². The summed E-state index contributed by atoms with van der Waals surface area (Å²) >= 11 is 0. The third-order valence-electron chi connectivity index (χ3n) is 7.04. The van der Waals surface area contributed by atoms with Gasteiger partial charge >= 0.3 is 0 Å². The molecular formula is C26H35FN4O2. The number of aromatic nitrogens is 1. The minimum atomic E-state index is -0.246. The highest BCUT2D eigenvalue weighted by Gasteiger charge is 2.25. The molecule has 0 unspecified atom stereocenters. The minimum Gasteiger partial charge on any atom is -0.342 e. The fourth-order valence-corrected chi connectivity index (χ4v) is 4.99. The molecule has 6 nitrogen and oxygen atoms in total. The molecule has 2 aliphatic rings. The minimum absolute atomic E-state index is 0.0831. The number of aryl methyl sites for hydroxylation is 2. The molecule has 0 saturated carbocycles. The third kappa shape index (κ3) is 5.36. The van der Waals surface area contributed by atoms with Crippen LogP contribution in [0.2, 0.25) is 0 Å². The lowest BCUT2D eigenvalue weighted by Gasteiger charge is -2.35. The van der Waals surface area contributed by atoms with Gasteiger partial charge in [0.15, 0.2) is 5.78 Å². The van der Waals surface area contributed by atoms with Crippen LogP contribution in [0.4, 0.5) is 4.39 Å². The molecule has 7 heteroatoms. The normalized spacial score (nSPS) is 18.0. The van der Waals surface area contributed by atoms with Gasteiger partial charge in [-0.2, -0.15) is 0 Å². The van der Waals surface area contributed by atoms with Crippen LogP contribution in [0, 0.1) is 26.6 Å². The largest absolute Gasteiger partial charge is 0.342 e. The van der Waals surface area contributed by atoms with Crippen LogP contribution in [-0.2, 0) is 4.79 Å². The van der Waals surface area contributed by atoms with Crippen molar-refractivity contribution in [3.8, 4) is 5.69 Å². The first kappa shape index (κ1) is 23.6. The number of likely N-dealkylation sites (tertiary alicyclic amines) is 1. The Morgan fingerprint density at radius 1 is 0.848 bits per heavy atom. The maximum absolute atomic E-state index is 14.1. The average molecular weight is 455 g/mol. The molecular weight excluding hydrogens is 419 g/mol. The zero-order valence-corrected chi connectivity index (χ0v) is 20.1. The number of piperidine rings is 1. The van der Waals surface area contributed by atoms with E-state index < -0.39 is 0 Å². The van der Waals surface area contributed by atoms with Crippen LogP contribution in [0.3, 0.4) is 0 Å². The van der Waals surface area contributed by atoms with E-state index in [4.69, 9.17) is 0 Å². The van der Waals surface area contributed by atoms with Gasteiger partial charge in [0.1, 0.15) is 5.82 Å². The van der Waals surface area contributed by atoms with Crippen molar-refractivity contribution >= 4 is 11.7 Å². The summed E-state index contributed by atoms with van der Waals surface area (Å²) < 4.78 is 16.0. The maximum atomic E-state index is 14.1. The molecule has 2 aromatic rings. The molecule has 0 bridgehead atoms. The predicted molar refractivity (Wildman–Crippen MR) is 128 cm³/mol. The van der Waals surface area contributed by atoms with Crippen molar-refractivity contribution in [2.75, 3.05) is 52.4 Å². The van der Waals surface area contributed by atoms with Crippen LogP contribution in [0.25, 0.3) is 5.69 Å². The molecule has 4 rings (SSSR count). The molecule has 1 aromatic heterocycles. The van der Waals surface area contributed by atoms with E-state index in [-0.39, 0.29) is 17.5 Å². The van der Waals surface area contributed by atoms with Gasteiger partial charge in [0.2, 0.25) is 5.91 Å². The van der Waals surface area contributed by atoms with Gasteiger partial charge in [0.25, 0.3) is 0 Å². The number of carbonyl (C=O) groups is 2. The van der Waals surface area contributed by atoms with Gasteiger partial charge in [-0.15, -0.1) is 0 Å². The Hall–Kier alpha value is -2.51. The Balaban J connectivity index is 1.34. The Bertz CT molecular complexity index is 1020. The molecule has 0 aliphatic carbocycles. The van der Waals surface area contributed by atoms with Gasteiger partial charge < -0.3 is 9.47 Å². The number of carbonyl (C=O) groups excluding carboxylic acids is 2. The summed E-state index contributed by atoms with van der Waals surface area (Å²) in [5.74, 6) is 0.0727. The Kier molecular flexibility index (Phi) is 7.29. The average Bonchev–Trinajstić information content (AvgIpc) is 3.11. The molecule has 1 aromatic carbocycles. The third-order valence-corrected chi connectivity index (χ3v) is 7.04. The van der Waals surface area contributed by atoms with Gasteiger partial charge in [-0.1, -0.05) is 6.07 Å². The SMILES string of the molecule is Cc1ccc(-n2c(C)cc(C(=O)CN3CCN(CC(=O)N4CCCCC4)CC3)c2C)cc1F. The summed E-state index contributed by atoms with van der Waals surface area (Å²) in [4.78, 5) is 32.0. The summed E-state index contributed by atoms with van der Waals surface area (Å²) in [6.07, 6.45) is 3.45. The van der Waals surface area contributed by atoms with E-state index >= 15 is 0 Å². The fourth-order valence-electron chi connectivity index (χ4n) is 4.99. The second-order valence-electron chi connectivity index (χ2n) is 9.47. The number of hydrogen-bond acceptors (Lipinski definition) is 4. The molecule has 2 saturated heterocycles. The molecule has 2 fully saturated rings. The van der Waals surface area contributed by atoms with Crippen LogP contribution in [0.15, 0.2) is 24.3 Å². The monoisotopic (exact) mass is 454 g/mol. The number of rotatable bonds is 6. The van der Waals surface area contributed by atoms with E-state index in [9.17, 15) is 14.0 Å². The number of ketones is 1. The van der Waals surface area contributed by atoms with Gasteiger partial charge in [-0.3, -0.25) is 19.4 Å². The second-order valence-corrected chi connectivity index (χ2v) is 9.47.